The minimum absolute atomic E-state index is 0.0185. The topological polar surface area (TPSA) is 104 Å². The predicted molar refractivity (Wildman–Crippen MR) is 114 cm³/mol. The minimum Gasteiger partial charge on any atom is -0.455 e. The third kappa shape index (κ3) is 3.22. The molecule has 0 spiro atoms. The molecule has 8 nitrogen and oxygen atoms in total. The summed E-state index contributed by atoms with van der Waals surface area (Å²) in [6.07, 6.45) is 7.07. The van der Waals surface area contributed by atoms with Crippen molar-refractivity contribution in [1.82, 2.24) is 9.66 Å². The van der Waals surface area contributed by atoms with Gasteiger partial charge in [-0.3, -0.25) is 14.9 Å². The zero-order chi connectivity index (χ0) is 20.7. The Morgan fingerprint density at radius 1 is 1.17 bits per heavy atom. The third-order valence-electron chi connectivity index (χ3n) is 5.16. The Balaban J connectivity index is 1.43. The van der Waals surface area contributed by atoms with Crippen molar-refractivity contribution >= 4 is 33.5 Å². The van der Waals surface area contributed by atoms with E-state index in [0.717, 1.165) is 36.1 Å². The fourth-order valence-corrected chi connectivity index (χ4v) is 4.88. The van der Waals surface area contributed by atoms with Crippen LogP contribution in [0.5, 0.6) is 0 Å². The molecule has 0 saturated carbocycles. The largest absolute Gasteiger partial charge is 0.455 e. The molecule has 0 amide bonds. The van der Waals surface area contributed by atoms with E-state index >= 15 is 0 Å². The van der Waals surface area contributed by atoms with Crippen LogP contribution in [0.15, 0.2) is 57.0 Å². The molecule has 9 heteroatoms. The number of rotatable bonds is 4. The number of aryl methyl sites for hydroxylation is 2. The number of nitrogens with zero attached hydrogens (tertiary/aromatic N) is 4. The maximum absolute atomic E-state index is 12.9. The number of nitro groups is 1. The van der Waals surface area contributed by atoms with Crippen LogP contribution in [-0.2, 0) is 12.8 Å². The van der Waals surface area contributed by atoms with Crippen molar-refractivity contribution in [3.05, 3.63) is 79.4 Å². The maximum Gasteiger partial charge on any atom is 0.282 e. The predicted octanol–water partition coefficient (Wildman–Crippen LogP) is 4.39. The zero-order valence-electron chi connectivity index (χ0n) is 15.8. The fraction of sp³-hybridized carbons (Fsp3) is 0.190. The maximum atomic E-state index is 12.9. The van der Waals surface area contributed by atoms with E-state index in [4.69, 9.17) is 4.42 Å². The first-order chi connectivity index (χ1) is 14.6. The highest BCUT2D eigenvalue weighted by Gasteiger charge is 2.19. The number of furan rings is 1. The van der Waals surface area contributed by atoms with Crippen LogP contribution >= 0.6 is 11.3 Å². The quantitative estimate of drug-likeness (QED) is 0.277. The highest BCUT2D eigenvalue weighted by molar-refractivity contribution is 7.18. The second kappa shape index (κ2) is 7.34. The number of non-ortho nitro benzene ring substituents is 1. The Morgan fingerprint density at radius 3 is 2.77 bits per heavy atom. The van der Waals surface area contributed by atoms with Gasteiger partial charge in [-0.15, -0.1) is 11.3 Å². The van der Waals surface area contributed by atoms with Gasteiger partial charge < -0.3 is 4.42 Å². The van der Waals surface area contributed by atoms with Crippen molar-refractivity contribution in [3.63, 3.8) is 0 Å². The average molecular weight is 420 g/mol. The molecule has 150 valence electrons. The number of hydrogen-bond acceptors (Lipinski definition) is 7. The van der Waals surface area contributed by atoms with Crippen LogP contribution in [0, 0.1) is 10.1 Å². The highest BCUT2D eigenvalue weighted by atomic mass is 32.1. The van der Waals surface area contributed by atoms with E-state index in [1.54, 1.807) is 35.6 Å². The molecule has 0 saturated heterocycles. The van der Waals surface area contributed by atoms with Gasteiger partial charge in [-0.05, 0) is 55.5 Å². The Hall–Kier alpha value is -3.59. The number of nitro benzene ring substituents is 1. The molecule has 0 N–H and O–H groups in total. The Kier molecular flexibility index (Phi) is 4.51. The van der Waals surface area contributed by atoms with Crippen molar-refractivity contribution in [2.75, 3.05) is 0 Å². The number of thiophene rings is 1. The monoisotopic (exact) mass is 420 g/mol. The van der Waals surface area contributed by atoms with Crippen molar-refractivity contribution in [1.29, 1.82) is 0 Å². The smallest absolute Gasteiger partial charge is 0.282 e. The van der Waals surface area contributed by atoms with Gasteiger partial charge in [0.1, 0.15) is 22.7 Å². The van der Waals surface area contributed by atoms with Gasteiger partial charge in [-0.1, -0.05) is 0 Å². The minimum atomic E-state index is -0.447. The standard InChI is InChI=1S/C21H16N4O4S/c26-21-19-16-3-1-2-4-18(16)30-20(19)22-12-24(21)23-11-15-9-10-17(29-15)13-5-7-14(8-6-13)25(27)28/h5-12H,1-4H2/b23-11+. The molecule has 3 aromatic heterocycles. The van der Waals surface area contributed by atoms with Gasteiger partial charge in [-0.2, -0.15) is 9.78 Å². The van der Waals surface area contributed by atoms with Gasteiger partial charge in [0.25, 0.3) is 11.2 Å². The van der Waals surface area contributed by atoms with E-state index in [-0.39, 0.29) is 11.2 Å². The summed E-state index contributed by atoms with van der Waals surface area (Å²) in [7, 11) is 0. The molecule has 0 fully saturated rings. The van der Waals surface area contributed by atoms with Crippen molar-refractivity contribution in [2.24, 2.45) is 5.10 Å². The van der Waals surface area contributed by atoms with Crippen LogP contribution in [0.4, 0.5) is 5.69 Å². The lowest BCUT2D eigenvalue weighted by atomic mass is 9.97. The Morgan fingerprint density at radius 2 is 1.97 bits per heavy atom. The summed E-state index contributed by atoms with van der Waals surface area (Å²) in [6.45, 7) is 0. The number of hydrogen-bond donors (Lipinski definition) is 0. The second-order valence-electron chi connectivity index (χ2n) is 7.04. The van der Waals surface area contributed by atoms with Gasteiger partial charge in [0.05, 0.1) is 16.5 Å². The van der Waals surface area contributed by atoms with Gasteiger partial charge in [0, 0.05) is 22.6 Å². The summed E-state index contributed by atoms with van der Waals surface area (Å²) < 4.78 is 6.98. The molecule has 1 aliphatic rings. The van der Waals surface area contributed by atoms with E-state index in [9.17, 15) is 14.9 Å². The number of aromatic nitrogens is 2. The molecule has 1 aromatic carbocycles. The van der Waals surface area contributed by atoms with Crippen LogP contribution in [0.1, 0.15) is 29.0 Å². The highest BCUT2D eigenvalue weighted by Crippen LogP contribution is 2.33. The van der Waals surface area contributed by atoms with Gasteiger partial charge in [-0.25, -0.2) is 4.98 Å². The van der Waals surface area contributed by atoms with E-state index in [1.165, 1.54) is 34.2 Å². The Labute approximate surface area is 174 Å². The normalized spacial score (nSPS) is 13.7. The molecule has 0 bridgehead atoms. The third-order valence-corrected chi connectivity index (χ3v) is 6.36. The fourth-order valence-electron chi connectivity index (χ4n) is 3.66. The first kappa shape index (κ1) is 18.4. The molecule has 0 radical (unpaired) electrons. The molecule has 30 heavy (non-hydrogen) atoms. The first-order valence-electron chi connectivity index (χ1n) is 9.51. The van der Waals surface area contributed by atoms with E-state index in [0.29, 0.717) is 22.5 Å². The molecular formula is C21H16N4O4S. The zero-order valence-corrected chi connectivity index (χ0v) is 16.6. The van der Waals surface area contributed by atoms with Crippen LogP contribution < -0.4 is 5.56 Å². The Bertz CT molecular complexity index is 1350. The van der Waals surface area contributed by atoms with Crippen LogP contribution in [0.2, 0.25) is 0 Å². The first-order valence-corrected chi connectivity index (χ1v) is 10.3. The number of fused-ring (bicyclic) bond motifs is 3. The second-order valence-corrected chi connectivity index (χ2v) is 8.12. The van der Waals surface area contributed by atoms with Crippen LogP contribution in [0.3, 0.4) is 0 Å². The van der Waals surface area contributed by atoms with Crippen molar-refractivity contribution in [3.8, 4) is 11.3 Å². The van der Waals surface area contributed by atoms with E-state index < -0.39 is 4.92 Å². The van der Waals surface area contributed by atoms with Crippen molar-refractivity contribution in [2.45, 2.75) is 25.7 Å². The SMILES string of the molecule is O=c1c2c3c(sc2ncn1/N=C/c1ccc(-c2ccc([N+](=O)[O-])cc2)o1)CCCC3. The molecule has 3 heterocycles. The molecule has 1 aliphatic carbocycles. The molecule has 4 aromatic rings. The summed E-state index contributed by atoms with van der Waals surface area (Å²) in [5.74, 6) is 1.02. The molecular weight excluding hydrogens is 404 g/mol. The summed E-state index contributed by atoms with van der Waals surface area (Å²) in [5, 5.41) is 15.7. The van der Waals surface area contributed by atoms with Crippen LogP contribution in [0.25, 0.3) is 21.5 Å². The van der Waals surface area contributed by atoms with Gasteiger partial charge in [0.15, 0.2) is 0 Å². The lowest BCUT2D eigenvalue weighted by Gasteiger charge is -2.09. The van der Waals surface area contributed by atoms with E-state index in [2.05, 4.69) is 10.1 Å². The lowest BCUT2D eigenvalue weighted by molar-refractivity contribution is -0.384. The molecule has 5 rings (SSSR count). The van der Waals surface area contributed by atoms with Gasteiger partial charge in [0.2, 0.25) is 0 Å². The number of benzene rings is 1. The summed E-state index contributed by atoms with van der Waals surface area (Å²) in [6, 6.07) is 9.58. The lowest BCUT2D eigenvalue weighted by Crippen LogP contribution is -2.17. The average Bonchev–Trinajstić information content (AvgIpc) is 3.38. The molecule has 0 aliphatic heterocycles. The summed E-state index contributed by atoms with van der Waals surface area (Å²) >= 11 is 1.60. The van der Waals surface area contributed by atoms with Crippen LogP contribution in [-0.4, -0.2) is 20.8 Å². The summed E-state index contributed by atoms with van der Waals surface area (Å²) in [4.78, 5) is 29.7. The molecule has 0 unspecified atom stereocenters. The van der Waals surface area contributed by atoms with Crippen molar-refractivity contribution < 1.29 is 9.34 Å². The summed E-state index contributed by atoms with van der Waals surface area (Å²) in [5.41, 5.74) is 1.69. The van der Waals surface area contributed by atoms with E-state index in [1.807, 2.05) is 0 Å². The molecule has 0 atom stereocenters. The van der Waals surface area contributed by atoms with Gasteiger partial charge >= 0.3 is 0 Å².